The molecule has 4 heteroatoms. The van der Waals surface area contributed by atoms with Crippen molar-refractivity contribution in [2.45, 2.75) is 38.5 Å². The molecule has 22 heavy (non-hydrogen) atoms. The number of carbonyl (C=O) groups excluding carboxylic acids is 1. The number of hydrogen-bond donors (Lipinski definition) is 0. The van der Waals surface area contributed by atoms with Crippen LogP contribution in [0.3, 0.4) is 0 Å². The third kappa shape index (κ3) is 1.73. The number of fused-ring (bicyclic) bond motifs is 7. The van der Waals surface area contributed by atoms with Crippen LogP contribution in [0.25, 0.3) is 10.9 Å². The first kappa shape index (κ1) is 13.4. The van der Waals surface area contributed by atoms with Crippen LogP contribution in [0, 0.1) is 0 Å². The molecule has 3 heterocycles. The van der Waals surface area contributed by atoms with E-state index in [0.29, 0.717) is 0 Å². The molecule has 0 saturated heterocycles. The number of rotatable bonds is 0. The first-order valence-corrected chi connectivity index (χ1v) is 7.64. The van der Waals surface area contributed by atoms with Crippen molar-refractivity contribution >= 4 is 17.0 Å². The zero-order valence-electron chi connectivity index (χ0n) is 13.3. The van der Waals surface area contributed by atoms with Gasteiger partial charge in [0, 0.05) is 24.1 Å². The lowest BCUT2D eigenvalue weighted by molar-refractivity contribution is 0.0197. The normalized spacial score (nSPS) is 22.5. The molecule has 0 radical (unpaired) electrons. The summed E-state index contributed by atoms with van der Waals surface area (Å²) in [6, 6.07) is 6.40. The molecule has 1 aromatic heterocycles. The van der Waals surface area contributed by atoms with E-state index in [1.165, 1.54) is 22.0 Å². The molecule has 2 atom stereocenters. The number of ether oxygens (including phenoxy) is 1. The smallest absolute Gasteiger partial charge is 0.411 e. The van der Waals surface area contributed by atoms with Crippen molar-refractivity contribution < 1.29 is 9.53 Å². The van der Waals surface area contributed by atoms with Crippen LogP contribution in [-0.4, -0.2) is 21.2 Å². The molecule has 2 aromatic rings. The van der Waals surface area contributed by atoms with E-state index in [1.54, 1.807) is 0 Å². The van der Waals surface area contributed by atoms with Gasteiger partial charge in [-0.2, -0.15) is 0 Å². The van der Waals surface area contributed by atoms with E-state index in [1.807, 2.05) is 32.7 Å². The first-order valence-electron chi connectivity index (χ1n) is 7.64. The van der Waals surface area contributed by atoms with Crippen LogP contribution in [0.2, 0.25) is 0 Å². The lowest BCUT2D eigenvalue weighted by atomic mass is 9.94. The van der Waals surface area contributed by atoms with E-state index in [0.717, 1.165) is 0 Å². The molecule has 4 rings (SSSR count). The summed E-state index contributed by atoms with van der Waals surface area (Å²) in [5.74, 6) is 0. The summed E-state index contributed by atoms with van der Waals surface area (Å²) in [4.78, 5) is 14.4. The van der Waals surface area contributed by atoms with Gasteiger partial charge in [-0.15, -0.1) is 0 Å². The molecule has 0 unspecified atom stereocenters. The second kappa shape index (κ2) is 4.15. The molecule has 114 valence electrons. The van der Waals surface area contributed by atoms with Gasteiger partial charge in [0.15, 0.2) is 0 Å². The van der Waals surface area contributed by atoms with Gasteiger partial charge in [0.25, 0.3) is 0 Å². The summed E-state index contributed by atoms with van der Waals surface area (Å²) in [7, 11) is 2.05. The average molecular weight is 296 g/mol. The number of hydrogen-bond acceptors (Lipinski definition) is 2. The molecular formula is C18H20N2O2. The maximum Gasteiger partial charge on any atom is 0.411 e. The predicted octanol–water partition coefficient (Wildman–Crippen LogP) is 4.08. The SMILES string of the molecule is Cn1ccc2c3c(ccc21)[C@@H]1C=C[C@H]3N1C(=O)OC(C)(C)C. The highest BCUT2D eigenvalue weighted by atomic mass is 16.6. The van der Waals surface area contributed by atoms with E-state index in [-0.39, 0.29) is 18.2 Å². The minimum Gasteiger partial charge on any atom is -0.444 e. The molecule has 1 aromatic carbocycles. The van der Waals surface area contributed by atoms with Gasteiger partial charge >= 0.3 is 6.09 Å². The molecule has 0 saturated carbocycles. The fraction of sp³-hybridized carbons (Fsp3) is 0.389. The molecule has 0 N–H and O–H groups in total. The molecule has 0 fully saturated rings. The summed E-state index contributed by atoms with van der Waals surface area (Å²) in [5, 5.41) is 1.23. The molecule has 1 amide bonds. The highest BCUT2D eigenvalue weighted by Gasteiger charge is 2.45. The lowest BCUT2D eigenvalue weighted by Gasteiger charge is -2.27. The third-order valence-electron chi connectivity index (χ3n) is 4.44. The number of amides is 1. The van der Waals surface area contributed by atoms with Crippen molar-refractivity contribution in [2.24, 2.45) is 7.05 Å². The monoisotopic (exact) mass is 296 g/mol. The Morgan fingerprint density at radius 2 is 1.86 bits per heavy atom. The van der Waals surface area contributed by atoms with Gasteiger partial charge in [-0.1, -0.05) is 18.2 Å². The van der Waals surface area contributed by atoms with Crippen LogP contribution in [0.5, 0.6) is 0 Å². The van der Waals surface area contributed by atoms with E-state index in [4.69, 9.17) is 4.74 Å². The van der Waals surface area contributed by atoms with Crippen LogP contribution < -0.4 is 0 Å². The number of aryl methyl sites for hydroxylation is 1. The number of carbonyl (C=O) groups is 1. The average Bonchev–Trinajstić information content (AvgIpc) is 3.08. The van der Waals surface area contributed by atoms with Gasteiger partial charge in [-0.3, -0.25) is 4.90 Å². The molecule has 2 bridgehead atoms. The van der Waals surface area contributed by atoms with Gasteiger partial charge < -0.3 is 9.30 Å². The van der Waals surface area contributed by atoms with Crippen LogP contribution in [0.15, 0.2) is 36.5 Å². The van der Waals surface area contributed by atoms with E-state index < -0.39 is 5.60 Å². The second-order valence-corrected chi connectivity index (χ2v) is 7.09. The van der Waals surface area contributed by atoms with Gasteiger partial charge in [-0.05, 0) is 44.0 Å². The van der Waals surface area contributed by atoms with Crippen LogP contribution in [0.1, 0.15) is 44.0 Å². The number of aromatic nitrogens is 1. The minimum absolute atomic E-state index is 0.000504. The number of nitrogens with zero attached hydrogens (tertiary/aromatic N) is 2. The van der Waals surface area contributed by atoms with Crippen molar-refractivity contribution in [1.82, 2.24) is 9.47 Å². The van der Waals surface area contributed by atoms with Crippen LogP contribution >= 0.6 is 0 Å². The zero-order valence-corrected chi connectivity index (χ0v) is 13.3. The van der Waals surface area contributed by atoms with Crippen LogP contribution in [0.4, 0.5) is 4.79 Å². The van der Waals surface area contributed by atoms with Gasteiger partial charge in [0.1, 0.15) is 5.60 Å². The topological polar surface area (TPSA) is 34.5 Å². The van der Waals surface area contributed by atoms with Crippen molar-refractivity contribution in [1.29, 1.82) is 0 Å². The highest BCUT2D eigenvalue weighted by molar-refractivity contribution is 5.89. The van der Waals surface area contributed by atoms with Crippen molar-refractivity contribution in [3.8, 4) is 0 Å². The van der Waals surface area contributed by atoms with E-state index in [9.17, 15) is 4.79 Å². The summed E-state index contributed by atoms with van der Waals surface area (Å²) in [6.07, 6.45) is 6.04. The Morgan fingerprint density at radius 3 is 2.59 bits per heavy atom. The maximum atomic E-state index is 12.6. The van der Waals surface area contributed by atoms with Gasteiger partial charge in [0.2, 0.25) is 0 Å². The highest BCUT2D eigenvalue weighted by Crippen LogP contribution is 2.51. The summed E-state index contributed by atoms with van der Waals surface area (Å²) < 4.78 is 7.71. The summed E-state index contributed by atoms with van der Waals surface area (Å²) >= 11 is 0. The largest absolute Gasteiger partial charge is 0.444 e. The molecule has 0 spiro atoms. The van der Waals surface area contributed by atoms with Gasteiger partial charge in [0.05, 0.1) is 12.1 Å². The zero-order chi connectivity index (χ0) is 15.6. The molecule has 0 aliphatic carbocycles. The molecule has 4 nitrogen and oxygen atoms in total. The van der Waals surface area contributed by atoms with Gasteiger partial charge in [-0.25, -0.2) is 4.79 Å². The van der Waals surface area contributed by atoms with E-state index >= 15 is 0 Å². The number of benzene rings is 1. The first-order chi connectivity index (χ1) is 10.4. The van der Waals surface area contributed by atoms with Crippen molar-refractivity contribution in [3.05, 3.63) is 47.7 Å². The fourth-order valence-corrected chi connectivity index (χ4v) is 3.58. The Balaban J connectivity index is 1.79. The second-order valence-electron chi connectivity index (χ2n) is 7.09. The Hall–Kier alpha value is -2.23. The molecule has 2 aliphatic heterocycles. The Kier molecular flexibility index (Phi) is 2.54. The Bertz CT molecular complexity index is 810. The van der Waals surface area contributed by atoms with E-state index in [2.05, 4.69) is 41.1 Å². The van der Waals surface area contributed by atoms with Crippen molar-refractivity contribution in [3.63, 3.8) is 0 Å². The predicted molar refractivity (Wildman–Crippen MR) is 85.6 cm³/mol. The van der Waals surface area contributed by atoms with Crippen molar-refractivity contribution in [2.75, 3.05) is 0 Å². The van der Waals surface area contributed by atoms with Crippen LogP contribution in [-0.2, 0) is 11.8 Å². The Morgan fingerprint density at radius 1 is 1.14 bits per heavy atom. The lowest BCUT2D eigenvalue weighted by Crippen LogP contribution is -2.35. The molecular weight excluding hydrogens is 276 g/mol. The maximum absolute atomic E-state index is 12.6. The summed E-state index contributed by atoms with van der Waals surface area (Å²) in [6.45, 7) is 5.70. The molecule has 2 aliphatic rings. The fourth-order valence-electron chi connectivity index (χ4n) is 3.58. The quantitative estimate of drug-likeness (QED) is 0.686. The minimum atomic E-state index is -0.479. The Labute approximate surface area is 130 Å². The standard InChI is InChI=1S/C18H20N2O2/c1-18(2,3)22-17(21)20-14-7-8-15(20)16-11(14)5-6-13-12(16)9-10-19(13)4/h5-10,14-15H,1-4H3/t14-,15+/m0/s1. The third-order valence-corrected chi connectivity index (χ3v) is 4.44. The summed E-state index contributed by atoms with van der Waals surface area (Å²) in [5.41, 5.74) is 3.19.